The van der Waals surface area contributed by atoms with Crippen LogP contribution in [0, 0.1) is 0 Å². The summed E-state index contributed by atoms with van der Waals surface area (Å²) in [6, 6.07) is 4.94. The van der Waals surface area contributed by atoms with Gasteiger partial charge >= 0.3 is 0 Å². The van der Waals surface area contributed by atoms with Crippen molar-refractivity contribution < 1.29 is 39.1 Å². The van der Waals surface area contributed by atoms with Crippen molar-refractivity contribution in [2.45, 2.75) is 56.8 Å². The molecule has 2 aliphatic heterocycles. The molecule has 1 aromatic carbocycles. The zero-order valence-corrected chi connectivity index (χ0v) is 15.4. The molecule has 5 N–H and O–H groups in total. The fourth-order valence-corrected chi connectivity index (χ4v) is 3.12. The molecule has 2 heterocycles. The van der Waals surface area contributed by atoms with E-state index in [1.165, 1.54) is 19.1 Å². The zero-order valence-electron chi connectivity index (χ0n) is 15.4. The Morgan fingerprint density at radius 1 is 1.18 bits per heavy atom. The van der Waals surface area contributed by atoms with E-state index < -0.39 is 54.8 Å². The predicted octanol–water partition coefficient (Wildman–Crippen LogP) is -1.17. The third-order valence-corrected chi connectivity index (χ3v) is 4.70. The van der Waals surface area contributed by atoms with Gasteiger partial charge in [-0.3, -0.25) is 9.59 Å². The van der Waals surface area contributed by atoms with E-state index in [4.69, 9.17) is 14.2 Å². The number of rotatable bonds is 4. The second-order valence-electron chi connectivity index (χ2n) is 6.80. The first-order valence-corrected chi connectivity index (χ1v) is 8.96. The molecule has 0 saturated carbocycles. The molecule has 0 spiro atoms. The van der Waals surface area contributed by atoms with Gasteiger partial charge in [0.15, 0.2) is 12.5 Å². The van der Waals surface area contributed by atoms with Gasteiger partial charge in [-0.2, -0.15) is 0 Å². The molecule has 3 rings (SSSR count). The quantitative estimate of drug-likeness (QED) is 0.428. The monoisotopic (exact) mass is 396 g/mol. The highest BCUT2D eigenvalue weighted by molar-refractivity contribution is 5.99. The molecule has 1 aromatic rings. The number of para-hydroxylation sites is 1. The molecule has 2 fully saturated rings. The lowest BCUT2D eigenvalue weighted by molar-refractivity contribution is -0.323. The van der Waals surface area contributed by atoms with Gasteiger partial charge in [-0.05, 0) is 26.0 Å². The van der Waals surface area contributed by atoms with Crippen molar-refractivity contribution >= 4 is 11.8 Å². The average Bonchev–Trinajstić information content (AvgIpc) is 2.66. The van der Waals surface area contributed by atoms with Crippen molar-refractivity contribution in [3.8, 4) is 5.75 Å². The maximum absolute atomic E-state index is 12.4. The van der Waals surface area contributed by atoms with Gasteiger partial charge in [0.2, 0.25) is 5.91 Å². The Morgan fingerprint density at radius 2 is 1.89 bits per heavy atom. The molecule has 154 valence electrons. The van der Waals surface area contributed by atoms with Gasteiger partial charge in [0.1, 0.15) is 36.2 Å². The third-order valence-electron chi connectivity index (χ3n) is 4.70. The smallest absolute Gasteiger partial charge is 0.255 e. The van der Waals surface area contributed by atoms with E-state index >= 15 is 0 Å². The summed E-state index contributed by atoms with van der Waals surface area (Å²) >= 11 is 0. The van der Waals surface area contributed by atoms with E-state index in [9.17, 15) is 24.9 Å². The second kappa shape index (κ2) is 8.41. The summed E-state index contributed by atoms with van der Waals surface area (Å²) in [5.41, 5.74) is 0.0278. The Labute approximate surface area is 161 Å². The summed E-state index contributed by atoms with van der Waals surface area (Å²) in [5, 5.41) is 35.2. The predicted molar refractivity (Wildman–Crippen MR) is 94.1 cm³/mol. The van der Waals surface area contributed by atoms with Crippen molar-refractivity contribution in [2.75, 3.05) is 6.61 Å². The van der Waals surface area contributed by atoms with E-state index in [-0.39, 0.29) is 17.9 Å². The first-order chi connectivity index (χ1) is 13.3. The van der Waals surface area contributed by atoms with Crippen molar-refractivity contribution in [2.24, 2.45) is 0 Å². The molecule has 0 radical (unpaired) electrons. The minimum absolute atomic E-state index is 0.0278. The number of phenols is 1. The normalized spacial score (nSPS) is 33.4. The molecule has 0 bridgehead atoms. The molecule has 7 atom stereocenters. The molecule has 0 aliphatic carbocycles. The number of ether oxygens (including phenoxy) is 3. The first-order valence-electron chi connectivity index (χ1n) is 8.96. The number of aliphatic hydroxyl groups excluding tert-OH is 2. The molecular formula is C18H24N2O8. The second-order valence-corrected chi connectivity index (χ2v) is 6.80. The van der Waals surface area contributed by atoms with Crippen LogP contribution in [0.2, 0.25) is 0 Å². The molecule has 10 nitrogen and oxygen atoms in total. The number of hydrogen-bond acceptors (Lipinski definition) is 8. The topological polar surface area (TPSA) is 147 Å². The summed E-state index contributed by atoms with van der Waals surface area (Å²) in [4.78, 5) is 24.6. The van der Waals surface area contributed by atoms with Crippen molar-refractivity contribution in [3.63, 3.8) is 0 Å². The van der Waals surface area contributed by atoms with Crippen molar-refractivity contribution in [3.05, 3.63) is 29.8 Å². The van der Waals surface area contributed by atoms with Gasteiger partial charge in [-0.25, -0.2) is 0 Å². The number of fused-ring (bicyclic) bond motifs is 1. The number of phenolic OH excluding ortho intramolecular Hbond substituents is 1. The number of aromatic hydroxyl groups is 1. The van der Waals surface area contributed by atoms with Crippen LogP contribution in [-0.4, -0.2) is 76.7 Å². The van der Waals surface area contributed by atoms with Gasteiger partial charge < -0.3 is 40.2 Å². The molecule has 2 aliphatic rings. The Hall–Kier alpha value is -2.24. The SMILES string of the molecule is CC1OC[C@H]2O[C@@H](NC(=O)[C@H](C)NC(=O)c3ccccc3O)[C@H](O)[C@@H](O)[C@@H]2O1. The van der Waals surface area contributed by atoms with E-state index in [1.54, 1.807) is 19.1 Å². The molecule has 0 aromatic heterocycles. The highest BCUT2D eigenvalue weighted by Crippen LogP contribution is 2.27. The van der Waals surface area contributed by atoms with Gasteiger partial charge in [0.05, 0.1) is 12.2 Å². The standard InChI is InChI=1S/C18H24N2O8/c1-8(19-17(25)10-5-3-4-6-11(10)21)16(24)20-18-14(23)13(22)15-12(28-18)7-26-9(2)27-15/h3-6,8-9,12-15,18,21-23H,7H2,1-2H3,(H,19,25)(H,20,24)/t8-,9?,12+,13+,14+,15+,18+/m0/s1. The summed E-state index contributed by atoms with van der Waals surface area (Å²) in [6.45, 7) is 3.25. The van der Waals surface area contributed by atoms with E-state index in [1.807, 2.05) is 0 Å². The van der Waals surface area contributed by atoms with Crippen molar-refractivity contribution in [1.82, 2.24) is 10.6 Å². The fraction of sp³-hybridized carbons (Fsp3) is 0.556. The van der Waals surface area contributed by atoms with Crippen LogP contribution in [0.5, 0.6) is 5.75 Å². The van der Waals surface area contributed by atoms with Crippen LogP contribution in [-0.2, 0) is 19.0 Å². The van der Waals surface area contributed by atoms with Crippen LogP contribution < -0.4 is 10.6 Å². The molecular weight excluding hydrogens is 372 g/mol. The lowest BCUT2D eigenvalue weighted by Gasteiger charge is -2.46. The number of aliphatic hydroxyl groups is 2. The van der Waals surface area contributed by atoms with Crippen LogP contribution in [0.1, 0.15) is 24.2 Å². The Bertz CT molecular complexity index is 727. The summed E-state index contributed by atoms with van der Waals surface area (Å²) < 4.78 is 16.4. The summed E-state index contributed by atoms with van der Waals surface area (Å²) in [6.07, 6.45) is -5.87. The number of nitrogens with one attached hydrogen (secondary N) is 2. The molecule has 28 heavy (non-hydrogen) atoms. The maximum atomic E-state index is 12.4. The highest BCUT2D eigenvalue weighted by atomic mass is 16.7. The number of benzene rings is 1. The molecule has 10 heteroatoms. The molecule has 2 saturated heterocycles. The van der Waals surface area contributed by atoms with E-state index in [0.29, 0.717) is 0 Å². The Morgan fingerprint density at radius 3 is 2.61 bits per heavy atom. The zero-order chi connectivity index (χ0) is 20.4. The molecule has 2 amide bonds. The number of carbonyl (C=O) groups is 2. The summed E-state index contributed by atoms with van der Waals surface area (Å²) in [7, 11) is 0. The van der Waals surface area contributed by atoms with Gasteiger partial charge in [-0.1, -0.05) is 12.1 Å². The van der Waals surface area contributed by atoms with E-state index in [0.717, 1.165) is 0 Å². The van der Waals surface area contributed by atoms with Crippen LogP contribution >= 0.6 is 0 Å². The molecule has 1 unspecified atom stereocenters. The minimum atomic E-state index is -1.42. The Balaban J connectivity index is 1.59. The van der Waals surface area contributed by atoms with Crippen LogP contribution in [0.3, 0.4) is 0 Å². The van der Waals surface area contributed by atoms with Gasteiger partial charge in [-0.15, -0.1) is 0 Å². The van der Waals surface area contributed by atoms with Crippen LogP contribution in [0.25, 0.3) is 0 Å². The average molecular weight is 396 g/mol. The largest absolute Gasteiger partial charge is 0.507 e. The minimum Gasteiger partial charge on any atom is -0.507 e. The van der Waals surface area contributed by atoms with Crippen molar-refractivity contribution in [1.29, 1.82) is 0 Å². The van der Waals surface area contributed by atoms with Crippen LogP contribution in [0.15, 0.2) is 24.3 Å². The summed E-state index contributed by atoms with van der Waals surface area (Å²) in [5.74, 6) is -1.47. The fourth-order valence-electron chi connectivity index (χ4n) is 3.12. The van der Waals surface area contributed by atoms with E-state index in [2.05, 4.69) is 10.6 Å². The Kier molecular flexibility index (Phi) is 6.16. The lowest BCUT2D eigenvalue weighted by atomic mass is 9.97. The number of amides is 2. The van der Waals surface area contributed by atoms with Crippen LogP contribution in [0.4, 0.5) is 0 Å². The lowest BCUT2D eigenvalue weighted by Crippen LogP contribution is -2.66. The first kappa shape index (κ1) is 20.5. The third kappa shape index (κ3) is 4.26. The van der Waals surface area contributed by atoms with Gasteiger partial charge in [0, 0.05) is 0 Å². The maximum Gasteiger partial charge on any atom is 0.255 e. The number of hydrogen-bond donors (Lipinski definition) is 5. The highest BCUT2D eigenvalue weighted by Gasteiger charge is 2.48. The number of carbonyl (C=O) groups excluding carboxylic acids is 2. The van der Waals surface area contributed by atoms with Gasteiger partial charge in [0.25, 0.3) is 5.91 Å².